The largest absolute Gasteiger partial charge is 0.309 e. The van der Waals surface area contributed by atoms with Gasteiger partial charge in [0.2, 0.25) is 0 Å². The highest BCUT2D eigenvalue weighted by Crippen LogP contribution is 2.39. The molecule has 0 aliphatic rings. The van der Waals surface area contributed by atoms with Gasteiger partial charge < -0.3 is 9.13 Å². The average molecular weight is 792 g/mol. The Morgan fingerprint density at radius 2 is 0.597 bits per heavy atom. The summed E-state index contributed by atoms with van der Waals surface area (Å²) in [4.78, 5) is 15.0. The first-order valence-electron chi connectivity index (χ1n) is 20.9. The van der Waals surface area contributed by atoms with Gasteiger partial charge in [0.1, 0.15) is 0 Å². The molecule has 62 heavy (non-hydrogen) atoms. The number of para-hydroxylation sites is 3. The third-order valence-electron chi connectivity index (χ3n) is 12.0. The molecule has 0 spiro atoms. The molecule has 290 valence electrons. The predicted molar refractivity (Wildman–Crippen MR) is 256 cm³/mol. The van der Waals surface area contributed by atoms with Crippen LogP contribution in [0.15, 0.2) is 224 Å². The molecule has 0 N–H and O–H groups in total. The maximum absolute atomic E-state index is 5.03. The first-order chi connectivity index (χ1) is 30.7. The third-order valence-corrected chi connectivity index (χ3v) is 12.0. The van der Waals surface area contributed by atoms with E-state index in [1.165, 1.54) is 32.6 Å². The standard InChI is InChI=1S/C57H37N5/c1-4-16-38(17-5-1)55-58-56(39-18-6-2-7-19-39)60-57(59-55)44-22-14-20-40(34-44)42-30-32-53-49(36-42)50-37-43(31-33-54(50)61(53)45-23-8-3-9-24-45)41-21-15-25-46(35-41)62-51-28-12-10-26-47(51)48-27-11-13-29-52(48)62/h1-37H. The lowest BCUT2D eigenvalue weighted by Gasteiger charge is -2.11. The van der Waals surface area contributed by atoms with Crippen molar-refractivity contribution in [2.45, 2.75) is 0 Å². The molecule has 0 saturated carbocycles. The highest BCUT2D eigenvalue weighted by molar-refractivity contribution is 6.12. The van der Waals surface area contributed by atoms with Gasteiger partial charge in [-0.25, -0.2) is 15.0 Å². The van der Waals surface area contributed by atoms with Crippen molar-refractivity contribution >= 4 is 43.6 Å². The molecule has 0 radical (unpaired) electrons. The fourth-order valence-corrected chi connectivity index (χ4v) is 9.04. The van der Waals surface area contributed by atoms with Crippen molar-refractivity contribution < 1.29 is 0 Å². The van der Waals surface area contributed by atoms with Gasteiger partial charge in [-0.05, 0) is 89.0 Å². The van der Waals surface area contributed by atoms with Gasteiger partial charge >= 0.3 is 0 Å². The second-order valence-corrected chi connectivity index (χ2v) is 15.7. The Kier molecular flexibility index (Phi) is 8.42. The van der Waals surface area contributed by atoms with E-state index in [9.17, 15) is 0 Å². The van der Waals surface area contributed by atoms with E-state index < -0.39 is 0 Å². The van der Waals surface area contributed by atoms with Crippen LogP contribution >= 0.6 is 0 Å². The zero-order valence-corrected chi connectivity index (χ0v) is 33.6. The van der Waals surface area contributed by atoms with Crippen LogP contribution in [0.25, 0.3) is 111 Å². The Balaban J connectivity index is 0.997. The minimum absolute atomic E-state index is 0.633. The molecule has 3 heterocycles. The summed E-state index contributed by atoms with van der Waals surface area (Å²) in [5.41, 5.74) is 14.3. The lowest BCUT2D eigenvalue weighted by Crippen LogP contribution is -2.00. The minimum Gasteiger partial charge on any atom is -0.309 e. The summed E-state index contributed by atoms with van der Waals surface area (Å²) >= 11 is 0. The van der Waals surface area contributed by atoms with Crippen molar-refractivity contribution in [1.82, 2.24) is 24.1 Å². The quantitative estimate of drug-likeness (QED) is 0.162. The van der Waals surface area contributed by atoms with E-state index >= 15 is 0 Å². The van der Waals surface area contributed by atoms with Crippen LogP contribution in [0.5, 0.6) is 0 Å². The summed E-state index contributed by atoms with van der Waals surface area (Å²) < 4.78 is 4.76. The first-order valence-corrected chi connectivity index (χ1v) is 20.9. The van der Waals surface area contributed by atoms with Crippen molar-refractivity contribution in [3.05, 3.63) is 224 Å². The number of hydrogen-bond donors (Lipinski definition) is 0. The van der Waals surface area contributed by atoms with Crippen LogP contribution in [-0.4, -0.2) is 24.1 Å². The van der Waals surface area contributed by atoms with Crippen LogP contribution in [0.2, 0.25) is 0 Å². The molecule has 0 amide bonds. The Morgan fingerprint density at radius 3 is 1.16 bits per heavy atom. The Bertz CT molecular complexity index is 3510. The predicted octanol–water partition coefficient (Wildman–Crippen LogP) is 14.4. The second kappa shape index (κ2) is 14.7. The molecule has 0 unspecified atom stereocenters. The average Bonchev–Trinajstić information content (AvgIpc) is 3.87. The maximum Gasteiger partial charge on any atom is 0.164 e. The zero-order valence-electron chi connectivity index (χ0n) is 33.6. The highest BCUT2D eigenvalue weighted by Gasteiger charge is 2.18. The molecule has 0 saturated heterocycles. The van der Waals surface area contributed by atoms with Crippen molar-refractivity contribution in [1.29, 1.82) is 0 Å². The molecule has 0 aliphatic carbocycles. The Hall–Kier alpha value is -8.41. The van der Waals surface area contributed by atoms with Crippen molar-refractivity contribution in [2.24, 2.45) is 0 Å². The van der Waals surface area contributed by atoms with Crippen molar-refractivity contribution in [3.8, 4) is 67.8 Å². The van der Waals surface area contributed by atoms with Gasteiger partial charge in [-0.1, -0.05) is 158 Å². The number of fused-ring (bicyclic) bond motifs is 6. The SMILES string of the molecule is c1ccc(-c2nc(-c3ccccc3)nc(-c3cccc(-c4ccc5c(c4)c4cc(-c6cccc(-n7c8ccccc8c8ccccc87)c6)ccc4n5-c4ccccc4)c3)n2)cc1. The van der Waals surface area contributed by atoms with E-state index in [4.69, 9.17) is 15.0 Å². The van der Waals surface area contributed by atoms with Crippen molar-refractivity contribution in [2.75, 3.05) is 0 Å². The summed E-state index contributed by atoms with van der Waals surface area (Å²) in [5, 5.41) is 4.89. The van der Waals surface area contributed by atoms with E-state index in [0.717, 1.165) is 61.4 Å². The Morgan fingerprint density at radius 1 is 0.226 bits per heavy atom. The fraction of sp³-hybridized carbons (Fsp3) is 0. The van der Waals surface area contributed by atoms with Gasteiger partial charge in [0.15, 0.2) is 17.5 Å². The minimum atomic E-state index is 0.633. The van der Waals surface area contributed by atoms with Crippen LogP contribution in [0.3, 0.4) is 0 Å². The molecule has 5 heteroatoms. The molecular formula is C57H37N5. The number of aromatic nitrogens is 5. The van der Waals surface area contributed by atoms with Crippen LogP contribution < -0.4 is 0 Å². The summed E-state index contributed by atoms with van der Waals surface area (Å²) in [6.45, 7) is 0. The molecule has 9 aromatic carbocycles. The highest BCUT2D eigenvalue weighted by atomic mass is 15.0. The van der Waals surface area contributed by atoms with Crippen LogP contribution in [-0.2, 0) is 0 Å². The third kappa shape index (κ3) is 6.06. The van der Waals surface area contributed by atoms with E-state index in [0.29, 0.717) is 17.5 Å². The molecule has 0 fully saturated rings. The molecule has 0 atom stereocenters. The molecule has 12 rings (SSSR count). The van der Waals surface area contributed by atoms with Gasteiger partial charge in [-0.3, -0.25) is 0 Å². The molecule has 5 nitrogen and oxygen atoms in total. The molecule has 12 aromatic rings. The van der Waals surface area contributed by atoms with E-state index in [1.807, 2.05) is 60.7 Å². The molecular weight excluding hydrogens is 755 g/mol. The number of benzene rings is 9. The number of hydrogen-bond acceptors (Lipinski definition) is 3. The lowest BCUT2D eigenvalue weighted by atomic mass is 9.99. The topological polar surface area (TPSA) is 48.5 Å². The maximum atomic E-state index is 5.03. The van der Waals surface area contributed by atoms with Crippen LogP contribution in [0, 0.1) is 0 Å². The smallest absolute Gasteiger partial charge is 0.164 e. The molecule has 3 aromatic heterocycles. The monoisotopic (exact) mass is 791 g/mol. The summed E-state index contributed by atoms with van der Waals surface area (Å²) in [6.07, 6.45) is 0. The van der Waals surface area contributed by atoms with Gasteiger partial charge in [0.05, 0.1) is 22.1 Å². The van der Waals surface area contributed by atoms with E-state index in [-0.39, 0.29) is 0 Å². The lowest BCUT2D eigenvalue weighted by molar-refractivity contribution is 1.07. The van der Waals surface area contributed by atoms with Crippen LogP contribution in [0.1, 0.15) is 0 Å². The first kappa shape index (κ1) is 35.5. The fourth-order valence-electron chi connectivity index (χ4n) is 9.04. The normalized spacial score (nSPS) is 11.5. The number of nitrogens with zero attached hydrogens (tertiary/aromatic N) is 5. The van der Waals surface area contributed by atoms with Gasteiger partial charge in [0.25, 0.3) is 0 Å². The molecule has 0 aliphatic heterocycles. The second-order valence-electron chi connectivity index (χ2n) is 15.7. The van der Waals surface area contributed by atoms with Gasteiger partial charge in [-0.15, -0.1) is 0 Å². The van der Waals surface area contributed by atoms with Crippen molar-refractivity contribution in [3.63, 3.8) is 0 Å². The summed E-state index contributed by atoms with van der Waals surface area (Å²) in [6, 6.07) is 79.5. The number of rotatable bonds is 7. The molecule has 0 bridgehead atoms. The van der Waals surface area contributed by atoms with Gasteiger partial charge in [-0.2, -0.15) is 0 Å². The summed E-state index contributed by atoms with van der Waals surface area (Å²) in [7, 11) is 0. The van der Waals surface area contributed by atoms with Gasteiger partial charge in [0, 0.05) is 49.6 Å². The zero-order chi connectivity index (χ0) is 41.0. The van der Waals surface area contributed by atoms with Crippen LogP contribution in [0.4, 0.5) is 0 Å². The summed E-state index contributed by atoms with van der Waals surface area (Å²) in [5.74, 6) is 1.92. The van der Waals surface area contributed by atoms with E-state index in [2.05, 4.69) is 173 Å². The van der Waals surface area contributed by atoms with E-state index in [1.54, 1.807) is 0 Å². The Labute approximate surface area is 358 Å².